The molecule has 15 heavy (non-hydrogen) atoms. The van der Waals surface area contributed by atoms with Crippen molar-refractivity contribution in [2.45, 2.75) is 32.6 Å². The Balaban J connectivity index is 2.69. The lowest BCUT2D eigenvalue weighted by atomic mass is 10.0. The highest BCUT2D eigenvalue weighted by Crippen LogP contribution is 2.20. The van der Waals surface area contributed by atoms with E-state index in [1.165, 1.54) is 6.07 Å². The minimum atomic E-state index is -1.09. The zero-order valence-corrected chi connectivity index (χ0v) is 8.86. The number of benzene rings is 1. The Morgan fingerprint density at radius 3 is 2.60 bits per heavy atom. The van der Waals surface area contributed by atoms with E-state index in [1.54, 1.807) is 12.1 Å². The van der Waals surface area contributed by atoms with Gasteiger partial charge in [0.25, 0.3) is 0 Å². The second kappa shape index (κ2) is 5.39. The number of phenols is 1. The van der Waals surface area contributed by atoms with Gasteiger partial charge in [0.2, 0.25) is 0 Å². The SMILES string of the molecule is CCCCCc1ccc(C(=O)O)c(O)c1. The molecule has 0 atom stereocenters. The van der Waals surface area contributed by atoms with Crippen LogP contribution in [0.4, 0.5) is 0 Å². The van der Waals surface area contributed by atoms with Gasteiger partial charge in [0.05, 0.1) is 0 Å². The van der Waals surface area contributed by atoms with Crippen molar-refractivity contribution in [3.63, 3.8) is 0 Å². The minimum absolute atomic E-state index is 0.0331. The summed E-state index contributed by atoms with van der Waals surface area (Å²) in [7, 11) is 0. The summed E-state index contributed by atoms with van der Waals surface area (Å²) in [5.41, 5.74) is 0.959. The van der Waals surface area contributed by atoms with E-state index in [-0.39, 0.29) is 11.3 Å². The zero-order chi connectivity index (χ0) is 11.3. The van der Waals surface area contributed by atoms with Crippen LogP contribution in [0.5, 0.6) is 5.75 Å². The highest BCUT2D eigenvalue weighted by atomic mass is 16.4. The molecule has 82 valence electrons. The van der Waals surface area contributed by atoms with Crippen LogP contribution in [0.2, 0.25) is 0 Å². The molecule has 0 saturated carbocycles. The van der Waals surface area contributed by atoms with Crippen LogP contribution < -0.4 is 0 Å². The van der Waals surface area contributed by atoms with E-state index in [0.717, 1.165) is 31.2 Å². The number of aromatic hydroxyl groups is 1. The molecule has 0 aliphatic carbocycles. The summed E-state index contributed by atoms with van der Waals surface area (Å²) in [5.74, 6) is -1.23. The maximum Gasteiger partial charge on any atom is 0.339 e. The van der Waals surface area contributed by atoms with Gasteiger partial charge in [-0.2, -0.15) is 0 Å². The third-order valence-electron chi connectivity index (χ3n) is 2.36. The number of unbranched alkanes of at least 4 members (excludes halogenated alkanes) is 2. The standard InChI is InChI=1S/C12H16O3/c1-2-3-4-5-9-6-7-10(12(14)15)11(13)8-9/h6-8,13H,2-5H2,1H3,(H,14,15). The van der Waals surface area contributed by atoms with Crippen LogP contribution >= 0.6 is 0 Å². The third-order valence-corrected chi connectivity index (χ3v) is 2.36. The first-order chi connectivity index (χ1) is 7.15. The smallest absolute Gasteiger partial charge is 0.339 e. The topological polar surface area (TPSA) is 57.5 Å². The normalized spacial score (nSPS) is 10.2. The fraction of sp³-hybridized carbons (Fsp3) is 0.417. The molecule has 1 aromatic carbocycles. The van der Waals surface area contributed by atoms with Gasteiger partial charge in [0.1, 0.15) is 11.3 Å². The van der Waals surface area contributed by atoms with Crippen molar-refractivity contribution in [2.24, 2.45) is 0 Å². The van der Waals surface area contributed by atoms with Crippen molar-refractivity contribution < 1.29 is 15.0 Å². The van der Waals surface area contributed by atoms with E-state index < -0.39 is 5.97 Å². The lowest BCUT2D eigenvalue weighted by Gasteiger charge is -2.03. The first-order valence-electron chi connectivity index (χ1n) is 5.20. The molecule has 3 nitrogen and oxygen atoms in total. The maximum atomic E-state index is 10.6. The van der Waals surface area contributed by atoms with E-state index in [1.807, 2.05) is 0 Å². The van der Waals surface area contributed by atoms with E-state index in [0.29, 0.717) is 0 Å². The second-order valence-electron chi connectivity index (χ2n) is 3.61. The van der Waals surface area contributed by atoms with E-state index in [9.17, 15) is 9.90 Å². The number of aromatic carboxylic acids is 1. The molecule has 0 spiro atoms. The van der Waals surface area contributed by atoms with Gasteiger partial charge in [-0.3, -0.25) is 0 Å². The summed E-state index contributed by atoms with van der Waals surface area (Å²) < 4.78 is 0. The van der Waals surface area contributed by atoms with E-state index >= 15 is 0 Å². The average molecular weight is 208 g/mol. The molecule has 0 aliphatic heterocycles. The summed E-state index contributed by atoms with van der Waals surface area (Å²) in [6, 6.07) is 4.76. The monoisotopic (exact) mass is 208 g/mol. The minimum Gasteiger partial charge on any atom is -0.507 e. The van der Waals surface area contributed by atoms with Crippen molar-refractivity contribution in [2.75, 3.05) is 0 Å². The van der Waals surface area contributed by atoms with Gasteiger partial charge in [0, 0.05) is 0 Å². The maximum absolute atomic E-state index is 10.6. The lowest BCUT2D eigenvalue weighted by molar-refractivity contribution is 0.0693. The molecule has 3 heteroatoms. The van der Waals surface area contributed by atoms with Gasteiger partial charge in [0.15, 0.2) is 0 Å². The second-order valence-corrected chi connectivity index (χ2v) is 3.61. The summed E-state index contributed by atoms with van der Waals surface area (Å²) in [6.07, 6.45) is 4.27. The number of aryl methyl sites for hydroxylation is 1. The number of carbonyl (C=O) groups is 1. The Morgan fingerprint density at radius 2 is 2.07 bits per heavy atom. The fourth-order valence-corrected chi connectivity index (χ4v) is 1.49. The van der Waals surface area contributed by atoms with Crippen molar-refractivity contribution in [1.82, 2.24) is 0 Å². The van der Waals surface area contributed by atoms with Crippen molar-refractivity contribution >= 4 is 5.97 Å². The van der Waals surface area contributed by atoms with Crippen LogP contribution in [-0.4, -0.2) is 16.2 Å². The van der Waals surface area contributed by atoms with Gasteiger partial charge in [-0.15, -0.1) is 0 Å². The highest BCUT2D eigenvalue weighted by Gasteiger charge is 2.09. The Labute approximate surface area is 89.4 Å². The molecule has 0 unspecified atom stereocenters. The van der Waals surface area contributed by atoms with Crippen LogP contribution in [-0.2, 0) is 6.42 Å². The molecule has 0 bridgehead atoms. The van der Waals surface area contributed by atoms with Crippen molar-refractivity contribution in [1.29, 1.82) is 0 Å². The molecule has 0 amide bonds. The molecule has 1 rings (SSSR count). The molecule has 0 saturated heterocycles. The molecular weight excluding hydrogens is 192 g/mol. The predicted molar refractivity (Wildman–Crippen MR) is 58.3 cm³/mol. The van der Waals surface area contributed by atoms with Gasteiger partial charge >= 0.3 is 5.97 Å². The highest BCUT2D eigenvalue weighted by molar-refractivity contribution is 5.90. The average Bonchev–Trinajstić information content (AvgIpc) is 2.17. The van der Waals surface area contributed by atoms with Gasteiger partial charge in [-0.25, -0.2) is 4.79 Å². The van der Waals surface area contributed by atoms with E-state index in [4.69, 9.17) is 5.11 Å². The largest absolute Gasteiger partial charge is 0.507 e. The fourth-order valence-electron chi connectivity index (χ4n) is 1.49. The van der Waals surface area contributed by atoms with Gasteiger partial charge < -0.3 is 10.2 Å². The Kier molecular flexibility index (Phi) is 4.16. The molecule has 2 N–H and O–H groups in total. The number of rotatable bonds is 5. The Hall–Kier alpha value is -1.51. The quantitative estimate of drug-likeness (QED) is 0.731. The molecular formula is C12H16O3. The first kappa shape index (κ1) is 11.6. The number of carboxylic acid groups (broad SMARTS) is 1. The van der Waals surface area contributed by atoms with Crippen LogP contribution in [0, 0.1) is 0 Å². The Bertz CT molecular complexity index is 345. The van der Waals surface area contributed by atoms with Crippen molar-refractivity contribution in [3.8, 4) is 5.75 Å². The molecule has 0 radical (unpaired) electrons. The Morgan fingerprint density at radius 1 is 1.33 bits per heavy atom. The number of hydrogen-bond acceptors (Lipinski definition) is 2. The van der Waals surface area contributed by atoms with Crippen LogP contribution in [0.25, 0.3) is 0 Å². The molecule has 1 aromatic rings. The summed E-state index contributed by atoms with van der Waals surface area (Å²) in [5, 5.41) is 18.1. The molecule has 0 fully saturated rings. The van der Waals surface area contributed by atoms with Crippen LogP contribution in [0.1, 0.15) is 42.1 Å². The third kappa shape index (κ3) is 3.27. The summed E-state index contributed by atoms with van der Waals surface area (Å²) >= 11 is 0. The molecule has 0 aliphatic rings. The van der Waals surface area contributed by atoms with Crippen LogP contribution in [0.15, 0.2) is 18.2 Å². The van der Waals surface area contributed by atoms with Crippen molar-refractivity contribution in [3.05, 3.63) is 29.3 Å². The molecule has 0 heterocycles. The number of carboxylic acids is 1. The predicted octanol–water partition coefficient (Wildman–Crippen LogP) is 2.82. The molecule has 0 aromatic heterocycles. The van der Waals surface area contributed by atoms with Crippen LogP contribution in [0.3, 0.4) is 0 Å². The summed E-state index contributed by atoms with van der Waals surface area (Å²) in [6.45, 7) is 2.13. The van der Waals surface area contributed by atoms with E-state index in [2.05, 4.69) is 6.92 Å². The van der Waals surface area contributed by atoms with Gasteiger partial charge in [-0.1, -0.05) is 25.8 Å². The van der Waals surface area contributed by atoms with Gasteiger partial charge in [-0.05, 0) is 30.5 Å². The zero-order valence-electron chi connectivity index (χ0n) is 8.86. The summed E-state index contributed by atoms with van der Waals surface area (Å²) in [4.78, 5) is 10.6. The first-order valence-corrected chi connectivity index (χ1v) is 5.20. The lowest BCUT2D eigenvalue weighted by Crippen LogP contribution is -1.97. The number of hydrogen-bond donors (Lipinski definition) is 2.